The molecule has 0 unspecified atom stereocenters. The van der Waals surface area contributed by atoms with Gasteiger partial charge < -0.3 is 5.32 Å². The van der Waals surface area contributed by atoms with Gasteiger partial charge in [-0.25, -0.2) is 0 Å². The van der Waals surface area contributed by atoms with Gasteiger partial charge in [-0.2, -0.15) is 10.2 Å². The molecule has 0 spiro atoms. The van der Waals surface area contributed by atoms with Crippen molar-refractivity contribution in [3.05, 3.63) is 29.8 Å². The Kier molecular flexibility index (Phi) is 5.42. The molecule has 19 heavy (non-hydrogen) atoms. The van der Waals surface area contributed by atoms with Crippen molar-refractivity contribution in [1.29, 1.82) is 0 Å². The van der Waals surface area contributed by atoms with Gasteiger partial charge in [0.05, 0.1) is 29.8 Å². The molecular weight excluding hydrogens is 262 g/mol. The van der Waals surface area contributed by atoms with E-state index in [1.54, 1.807) is 0 Å². The maximum Gasteiger partial charge on any atom is 0.0759 e. The molecule has 106 valence electrons. The predicted molar refractivity (Wildman–Crippen MR) is 79.8 cm³/mol. The van der Waals surface area contributed by atoms with Crippen LogP contribution in [-0.2, 0) is 13.1 Å². The summed E-state index contributed by atoms with van der Waals surface area (Å²) in [5.74, 6) is 0. The van der Waals surface area contributed by atoms with Gasteiger partial charge >= 0.3 is 0 Å². The lowest BCUT2D eigenvalue weighted by Gasteiger charge is -2.12. The molecule has 2 aromatic rings. The lowest BCUT2D eigenvalue weighted by molar-refractivity contribution is 0.512. The number of nitrogens with zero attached hydrogens (tertiary/aromatic N) is 4. The molecule has 0 radical (unpaired) electrons. The highest BCUT2D eigenvalue weighted by atomic mass is 35.5. The number of aryl methyl sites for hydroxylation is 1. The van der Waals surface area contributed by atoms with Crippen LogP contribution in [0.4, 0.5) is 5.69 Å². The topological polar surface area (TPSA) is 47.7 Å². The number of hydrogen-bond donors (Lipinski definition) is 1. The van der Waals surface area contributed by atoms with Crippen LogP contribution in [0.3, 0.4) is 0 Å². The highest BCUT2D eigenvalue weighted by molar-refractivity contribution is 5.85. The zero-order valence-corrected chi connectivity index (χ0v) is 12.7. The van der Waals surface area contributed by atoms with Crippen molar-refractivity contribution in [2.75, 3.05) is 5.32 Å². The third-order valence-electron chi connectivity index (χ3n) is 3.10. The first-order valence-corrected chi connectivity index (χ1v) is 6.42. The van der Waals surface area contributed by atoms with Crippen molar-refractivity contribution < 1.29 is 0 Å². The van der Waals surface area contributed by atoms with E-state index in [1.165, 1.54) is 11.4 Å². The van der Waals surface area contributed by atoms with Gasteiger partial charge in [-0.3, -0.25) is 9.36 Å². The van der Waals surface area contributed by atoms with Crippen LogP contribution in [0.15, 0.2) is 18.5 Å². The zero-order chi connectivity index (χ0) is 13.1. The summed E-state index contributed by atoms with van der Waals surface area (Å²) < 4.78 is 4.02. The minimum atomic E-state index is 0. The van der Waals surface area contributed by atoms with Crippen molar-refractivity contribution in [3.63, 3.8) is 0 Å². The van der Waals surface area contributed by atoms with Crippen molar-refractivity contribution in [1.82, 2.24) is 19.6 Å². The van der Waals surface area contributed by atoms with Gasteiger partial charge in [0, 0.05) is 18.8 Å². The molecule has 0 saturated carbocycles. The van der Waals surface area contributed by atoms with Crippen LogP contribution < -0.4 is 5.32 Å². The van der Waals surface area contributed by atoms with Crippen LogP contribution in [0.2, 0.25) is 0 Å². The number of rotatable bonds is 5. The molecule has 0 aliphatic rings. The Hall–Kier alpha value is -1.49. The van der Waals surface area contributed by atoms with Crippen LogP contribution >= 0.6 is 12.4 Å². The first-order valence-electron chi connectivity index (χ1n) is 6.42. The minimum absolute atomic E-state index is 0. The van der Waals surface area contributed by atoms with Crippen LogP contribution in [0.25, 0.3) is 0 Å². The van der Waals surface area contributed by atoms with E-state index in [0.717, 1.165) is 18.8 Å². The average molecular weight is 284 g/mol. The summed E-state index contributed by atoms with van der Waals surface area (Å²) in [4.78, 5) is 0. The second kappa shape index (κ2) is 6.61. The molecule has 0 aromatic carbocycles. The van der Waals surface area contributed by atoms with Crippen molar-refractivity contribution in [2.24, 2.45) is 0 Å². The fourth-order valence-corrected chi connectivity index (χ4v) is 2.07. The van der Waals surface area contributed by atoms with E-state index in [2.05, 4.69) is 43.2 Å². The molecule has 0 atom stereocenters. The molecule has 2 heterocycles. The van der Waals surface area contributed by atoms with E-state index >= 15 is 0 Å². The summed E-state index contributed by atoms with van der Waals surface area (Å²) in [6, 6.07) is 2.43. The second-order valence-electron chi connectivity index (χ2n) is 4.67. The molecule has 1 N–H and O–H groups in total. The Morgan fingerprint density at radius 2 is 2.05 bits per heavy atom. The molecule has 5 nitrogen and oxygen atoms in total. The van der Waals surface area contributed by atoms with Gasteiger partial charge in [-0.15, -0.1) is 12.4 Å². The molecule has 6 heteroatoms. The molecule has 0 aliphatic carbocycles. The van der Waals surface area contributed by atoms with Crippen LogP contribution in [-0.4, -0.2) is 19.6 Å². The summed E-state index contributed by atoms with van der Waals surface area (Å²) in [6.07, 6.45) is 3.73. The predicted octanol–water partition coefficient (Wildman–Crippen LogP) is 3.02. The van der Waals surface area contributed by atoms with E-state index in [9.17, 15) is 0 Å². The molecular formula is C13H22ClN5. The van der Waals surface area contributed by atoms with E-state index < -0.39 is 0 Å². The van der Waals surface area contributed by atoms with Gasteiger partial charge in [0.1, 0.15) is 0 Å². The number of hydrogen-bond acceptors (Lipinski definition) is 3. The summed E-state index contributed by atoms with van der Waals surface area (Å²) >= 11 is 0. The van der Waals surface area contributed by atoms with E-state index in [4.69, 9.17) is 0 Å². The number of aromatic nitrogens is 4. The lowest BCUT2D eigenvalue weighted by Crippen LogP contribution is -2.11. The Labute approximate surface area is 120 Å². The molecule has 0 fully saturated rings. The SMILES string of the molecule is CCn1ncc(NCc2ccnn2C(C)C)c1C.Cl. The van der Waals surface area contributed by atoms with Gasteiger partial charge in [0.2, 0.25) is 0 Å². The summed E-state index contributed by atoms with van der Waals surface area (Å²) in [7, 11) is 0. The monoisotopic (exact) mass is 283 g/mol. The molecule has 0 amide bonds. The van der Waals surface area contributed by atoms with E-state index in [0.29, 0.717) is 6.04 Å². The third kappa shape index (κ3) is 3.29. The number of nitrogens with one attached hydrogen (secondary N) is 1. The minimum Gasteiger partial charge on any atom is -0.377 e. The number of anilines is 1. The fraction of sp³-hybridized carbons (Fsp3) is 0.538. The smallest absolute Gasteiger partial charge is 0.0759 e. The molecule has 0 saturated heterocycles. The Morgan fingerprint density at radius 3 is 2.63 bits per heavy atom. The molecule has 2 rings (SSSR count). The average Bonchev–Trinajstić information content (AvgIpc) is 2.93. The standard InChI is InChI=1S/C13H21N5.ClH/c1-5-17-11(4)13(9-16-17)14-8-12-6-7-15-18(12)10(2)3;/h6-7,9-10,14H,5,8H2,1-4H3;1H. The first-order chi connectivity index (χ1) is 8.63. The quantitative estimate of drug-likeness (QED) is 0.917. The van der Waals surface area contributed by atoms with Crippen molar-refractivity contribution in [2.45, 2.75) is 46.8 Å². The Morgan fingerprint density at radius 1 is 1.32 bits per heavy atom. The Bertz CT molecular complexity index is 515. The lowest BCUT2D eigenvalue weighted by atomic mass is 10.3. The summed E-state index contributed by atoms with van der Waals surface area (Å²) in [5, 5.41) is 12.1. The van der Waals surface area contributed by atoms with E-state index in [1.807, 2.05) is 27.8 Å². The van der Waals surface area contributed by atoms with Crippen LogP contribution in [0.1, 0.15) is 38.2 Å². The normalized spacial score (nSPS) is 10.6. The van der Waals surface area contributed by atoms with Crippen LogP contribution in [0, 0.1) is 6.92 Å². The third-order valence-corrected chi connectivity index (χ3v) is 3.10. The van der Waals surface area contributed by atoms with Crippen molar-refractivity contribution >= 4 is 18.1 Å². The zero-order valence-electron chi connectivity index (χ0n) is 11.9. The van der Waals surface area contributed by atoms with Gasteiger partial charge in [-0.1, -0.05) is 0 Å². The molecule has 2 aromatic heterocycles. The van der Waals surface area contributed by atoms with Crippen LogP contribution in [0.5, 0.6) is 0 Å². The van der Waals surface area contributed by atoms with Gasteiger partial charge in [-0.05, 0) is 33.8 Å². The maximum atomic E-state index is 4.33. The van der Waals surface area contributed by atoms with E-state index in [-0.39, 0.29) is 12.4 Å². The molecule has 0 aliphatic heterocycles. The van der Waals surface area contributed by atoms with Gasteiger partial charge in [0.15, 0.2) is 0 Å². The largest absolute Gasteiger partial charge is 0.377 e. The summed E-state index contributed by atoms with van der Waals surface area (Å²) in [6.45, 7) is 10.1. The highest BCUT2D eigenvalue weighted by Gasteiger charge is 2.08. The summed E-state index contributed by atoms with van der Waals surface area (Å²) in [5.41, 5.74) is 3.45. The number of halogens is 1. The molecule has 0 bridgehead atoms. The highest BCUT2D eigenvalue weighted by Crippen LogP contribution is 2.15. The van der Waals surface area contributed by atoms with Gasteiger partial charge in [0.25, 0.3) is 0 Å². The first kappa shape index (κ1) is 15.6. The van der Waals surface area contributed by atoms with Crippen molar-refractivity contribution in [3.8, 4) is 0 Å². The maximum absolute atomic E-state index is 4.33. The Balaban J connectivity index is 0.00000180. The fourth-order valence-electron chi connectivity index (χ4n) is 2.07. The second-order valence-corrected chi connectivity index (χ2v) is 4.67.